The van der Waals surface area contributed by atoms with Crippen molar-refractivity contribution in [2.45, 2.75) is 178 Å². The van der Waals surface area contributed by atoms with Gasteiger partial charge in [-0.15, -0.1) is 5.10 Å². The third kappa shape index (κ3) is 18.3. The monoisotopic (exact) mass is 1100 g/mol. The molecule has 5 rings (SSSR count). The van der Waals surface area contributed by atoms with Crippen LogP contribution >= 0.6 is 0 Å². The highest BCUT2D eigenvalue weighted by atomic mass is 16.7. The van der Waals surface area contributed by atoms with E-state index < -0.39 is 116 Å². The highest BCUT2D eigenvalue weighted by Gasteiger charge is 2.56. The van der Waals surface area contributed by atoms with E-state index in [4.69, 9.17) is 58.6 Å². The molecule has 2 amide bonds. The summed E-state index contributed by atoms with van der Waals surface area (Å²) in [5.41, 5.74) is 2.41. The van der Waals surface area contributed by atoms with Gasteiger partial charge in [0, 0.05) is 61.6 Å². The van der Waals surface area contributed by atoms with Crippen molar-refractivity contribution in [2.75, 3.05) is 39.5 Å². The van der Waals surface area contributed by atoms with Gasteiger partial charge in [0.25, 0.3) is 0 Å². The fraction of sp³-hybridized carbons (Fsp3) is 0.638. The molecule has 2 saturated heterocycles. The third-order valence-corrected chi connectivity index (χ3v) is 12.4. The van der Waals surface area contributed by atoms with Crippen molar-refractivity contribution in [3.05, 3.63) is 70.9 Å². The number of nitrogens with one attached hydrogen (secondary N) is 1. The van der Waals surface area contributed by atoms with Crippen LogP contribution in [0.1, 0.15) is 156 Å². The summed E-state index contributed by atoms with van der Waals surface area (Å²) in [6.45, 7) is 14.8. The van der Waals surface area contributed by atoms with E-state index in [1.807, 2.05) is 50.2 Å². The Balaban J connectivity index is 1.55. The van der Waals surface area contributed by atoms with Gasteiger partial charge in [0.15, 0.2) is 12.2 Å². The number of rotatable bonds is 22. The summed E-state index contributed by atoms with van der Waals surface area (Å²) < 4.78 is 94.2. The Bertz CT molecular complexity index is 2610. The molecule has 1 unspecified atom stereocenters. The highest BCUT2D eigenvalue weighted by molar-refractivity contribution is 5.78. The highest BCUT2D eigenvalue weighted by Crippen LogP contribution is 2.39. The molecule has 1 aromatic heterocycles. The Kier molecular flexibility index (Phi) is 19.5. The van der Waals surface area contributed by atoms with Crippen LogP contribution < -0.4 is 19.9 Å². The summed E-state index contributed by atoms with van der Waals surface area (Å²) in [7, 11) is 0. The first-order chi connectivity index (χ1) is 38.7. The Morgan fingerprint density at radius 2 is 1.37 bits per heavy atom. The Hall–Kier alpha value is -6.41. The molecule has 78 heavy (non-hydrogen) atoms. The Labute approximate surface area is 464 Å². The minimum absolute atomic E-state index is 0.0506. The number of carbonyl (C=O) groups excluding carboxylic acids is 6. The van der Waals surface area contributed by atoms with Crippen LogP contribution in [0.2, 0.25) is 0 Å². The molecule has 20 heteroatoms. The lowest BCUT2D eigenvalue weighted by atomic mass is 9.93. The Morgan fingerprint density at radius 3 is 1.97 bits per heavy atom. The van der Waals surface area contributed by atoms with E-state index in [0.29, 0.717) is 60.8 Å². The van der Waals surface area contributed by atoms with Crippen molar-refractivity contribution >= 4 is 35.9 Å². The maximum Gasteiger partial charge on any atom is 0.410 e. The molecule has 2 fully saturated rings. The van der Waals surface area contributed by atoms with Gasteiger partial charge in [0.05, 0.1) is 41.5 Å². The van der Waals surface area contributed by atoms with Crippen molar-refractivity contribution in [1.82, 2.24) is 15.1 Å². The SMILES string of the molecule is [2H]CC(C)(C)C(=O)OC[C@H]1OC(Oc2n[nH]c(C(C)C)c2Cc2ccc(OCCCN(CCC(N)=O)C(=O)OCc3ccccc3)cc2OC2CCOCC2)[C@H](OC(=O)C(C)(C)C[2H])[C@@H](OC(=O)C(C)(C)C[2H])[C@@H]1OC(=O)C(C)(C)C[2H]. The van der Waals surface area contributed by atoms with Gasteiger partial charge in [-0.1, -0.05) is 50.2 Å². The smallest absolute Gasteiger partial charge is 0.410 e. The minimum Gasteiger partial charge on any atom is -0.493 e. The number of ether oxygens (including phenoxy) is 10. The molecule has 0 aliphatic carbocycles. The zero-order valence-corrected chi connectivity index (χ0v) is 47.0. The lowest BCUT2D eigenvalue weighted by molar-refractivity contribution is -0.294. The van der Waals surface area contributed by atoms with E-state index >= 15 is 0 Å². The normalized spacial score (nSPS) is 20.0. The Morgan fingerprint density at radius 1 is 0.769 bits per heavy atom. The summed E-state index contributed by atoms with van der Waals surface area (Å²) in [6, 6.07) is 14.6. The van der Waals surface area contributed by atoms with Gasteiger partial charge >= 0.3 is 30.0 Å². The molecule has 20 nitrogen and oxygen atoms in total. The largest absolute Gasteiger partial charge is 0.493 e. The molecule has 2 aliphatic rings. The maximum absolute atomic E-state index is 14.2. The molecule has 0 saturated carbocycles. The molecule has 3 heterocycles. The summed E-state index contributed by atoms with van der Waals surface area (Å²) in [6.07, 6.45) is -7.76. The number of primary amides is 1. The van der Waals surface area contributed by atoms with Crippen LogP contribution in [0.4, 0.5) is 4.79 Å². The van der Waals surface area contributed by atoms with Crippen LogP contribution in [0.15, 0.2) is 48.5 Å². The number of H-pyrrole nitrogens is 1. The molecule has 2 aromatic carbocycles. The van der Waals surface area contributed by atoms with Crippen LogP contribution in [0.3, 0.4) is 0 Å². The number of esters is 4. The second kappa shape index (κ2) is 27.0. The number of aromatic amines is 1. The van der Waals surface area contributed by atoms with E-state index in [0.717, 1.165) is 5.56 Å². The summed E-state index contributed by atoms with van der Waals surface area (Å²) in [4.78, 5) is 82.1. The molecule has 2 aliphatic heterocycles. The van der Waals surface area contributed by atoms with Gasteiger partial charge in [-0.2, -0.15) is 0 Å². The maximum atomic E-state index is 14.2. The third-order valence-electron chi connectivity index (χ3n) is 12.4. The molecule has 3 aromatic rings. The number of carbonyl (C=O) groups is 6. The van der Waals surface area contributed by atoms with Gasteiger partial charge in [0.1, 0.15) is 36.9 Å². The van der Waals surface area contributed by atoms with Gasteiger partial charge in [0.2, 0.25) is 24.2 Å². The number of amides is 2. The fourth-order valence-electron chi connectivity index (χ4n) is 7.77. The quantitative estimate of drug-likeness (QED) is 0.0543. The first kappa shape index (κ1) is 56.3. The first-order valence-electron chi connectivity index (χ1n) is 29.1. The van der Waals surface area contributed by atoms with Crippen molar-refractivity contribution in [3.63, 3.8) is 0 Å². The van der Waals surface area contributed by atoms with E-state index in [1.54, 1.807) is 12.1 Å². The van der Waals surface area contributed by atoms with Gasteiger partial charge in [-0.05, 0) is 113 Å². The summed E-state index contributed by atoms with van der Waals surface area (Å²) in [5, 5.41) is 7.68. The van der Waals surface area contributed by atoms with Crippen molar-refractivity contribution in [2.24, 2.45) is 27.4 Å². The van der Waals surface area contributed by atoms with E-state index in [2.05, 4.69) is 10.2 Å². The number of benzene rings is 2. The van der Waals surface area contributed by atoms with Crippen LogP contribution in [0, 0.1) is 21.7 Å². The summed E-state index contributed by atoms with van der Waals surface area (Å²) >= 11 is 0. The van der Waals surface area contributed by atoms with Gasteiger partial charge in [-0.3, -0.25) is 29.1 Å². The molecule has 0 bridgehead atoms. The van der Waals surface area contributed by atoms with E-state index in [9.17, 15) is 28.8 Å². The van der Waals surface area contributed by atoms with Crippen molar-refractivity contribution in [1.29, 1.82) is 0 Å². The molecule has 432 valence electrons. The number of hydrogen-bond donors (Lipinski definition) is 2. The van der Waals surface area contributed by atoms with Crippen molar-refractivity contribution in [3.8, 4) is 17.4 Å². The fourth-order valence-corrected chi connectivity index (χ4v) is 7.77. The number of hydrogen-bond acceptors (Lipinski definition) is 17. The predicted molar refractivity (Wildman–Crippen MR) is 286 cm³/mol. The van der Waals surface area contributed by atoms with Gasteiger partial charge < -0.3 is 58.0 Å². The zero-order valence-electron chi connectivity index (χ0n) is 51.0. The number of nitrogens with two attached hydrogens (primary N) is 1. The second-order valence-corrected chi connectivity index (χ2v) is 22.8. The number of nitrogens with zero attached hydrogens (tertiary/aromatic N) is 2. The second-order valence-electron chi connectivity index (χ2n) is 22.8. The van der Waals surface area contributed by atoms with Gasteiger partial charge in [-0.25, -0.2) is 4.79 Å². The van der Waals surface area contributed by atoms with Crippen molar-refractivity contribution < 1.29 is 81.6 Å². The molecule has 0 spiro atoms. The van der Waals surface area contributed by atoms with E-state index in [1.165, 1.54) is 60.3 Å². The van der Waals surface area contributed by atoms with Crippen LogP contribution in [-0.2, 0) is 70.2 Å². The van der Waals surface area contributed by atoms with Crippen LogP contribution in [-0.4, -0.2) is 127 Å². The average Bonchev–Trinajstić information content (AvgIpc) is 2.73. The number of aromatic nitrogens is 2. The summed E-state index contributed by atoms with van der Waals surface area (Å²) in [5.74, 6) is -3.50. The average molecular weight is 1100 g/mol. The molecular formula is C58H84N4O16. The molecular weight excluding hydrogens is 1010 g/mol. The topological polar surface area (TPSA) is 253 Å². The molecule has 0 radical (unpaired) electrons. The standard InChI is InChI=1S/C58H84N4O16/c1-35(2)44-40(31-37-21-22-39(32-41(37)73-38-24-29-69-30-25-38)70-28-18-26-62(27-23-43(59)63)54(68)72-33-36-19-16-15-17-20-36)48(61-60-44)78-49-47(77-53(67)58(12,13)14)46(76-52(66)57(9,10)11)45(75-51(65)56(6,7)8)42(74-49)34-71-50(64)55(3,4)5/h15-17,19-22,32,35,38,42,45-47,49H,18,23-31,33-34H2,1-14H3,(H2,59,63)(H,60,61)/t42-,45-,46+,47-,49?/m1/s1/i3D,6D,9D,12D. The van der Waals surface area contributed by atoms with E-state index in [-0.39, 0.29) is 63.9 Å². The zero-order chi connectivity index (χ0) is 60.6. The predicted octanol–water partition coefficient (Wildman–Crippen LogP) is 8.53. The van der Waals surface area contributed by atoms with Crippen LogP contribution in [0.25, 0.3) is 0 Å². The lowest BCUT2D eigenvalue weighted by Gasteiger charge is -2.45. The minimum atomic E-state index is -1.79. The molecule has 5 atom stereocenters. The molecule has 3 N–H and O–H groups in total. The lowest BCUT2D eigenvalue weighted by Crippen LogP contribution is -2.65. The first-order valence-corrected chi connectivity index (χ1v) is 26.3. The van der Waals surface area contributed by atoms with Crippen LogP contribution in [0.5, 0.6) is 17.4 Å².